The third-order valence-electron chi connectivity index (χ3n) is 4.63. The van der Waals surface area contributed by atoms with E-state index < -0.39 is 0 Å². The van der Waals surface area contributed by atoms with E-state index in [9.17, 15) is 9.59 Å². The summed E-state index contributed by atoms with van der Waals surface area (Å²) in [6.07, 6.45) is 1.02. The lowest BCUT2D eigenvalue weighted by Gasteiger charge is -2.29. The average Bonchev–Trinajstić information content (AvgIpc) is 2.71. The highest BCUT2D eigenvalue weighted by Gasteiger charge is 2.25. The molecule has 5 nitrogen and oxygen atoms in total. The number of hydrogen-bond donors (Lipinski definition) is 1. The van der Waals surface area contributed by atoms with Gasteiger partial charge in [-0.2, -0.15) is 0 Å². The van der Waals surface area contributed by atoms with Crippen molar-refractivity contribution in [2.75, 3.05) is 24.3 Å². The highest BCUT2D eigenvalue weighted by Crippen LogP contribution is 2.35. The maximum Gasteiger partial charge on any atom is 0.237 e. The monoisotopic (exact) mass is 384 g/mol. The van der Waals surface area contributed by atoms with Crippen molar-refractivity contribution >= 4 is 29.3 Å². The van der Waals surface area contributed by atoms with Crippen LogP contribution < -0.4 is 15.0 Å². The predicted molar refractivity (Wildman–Crippen MR) is 108 cm³/mol. The Hall–Kier alpha value is -2.47. The molecule has 0 spiro atoms. The zero-order valence-electron chi connectivity index (χ0n) is 15.6. The second-order valence-electron chi connectivity index (χ2n) is 6.32. The van der Waals surface area contributed by atoms with Crippen LogP contribution in [0.3, 0.4) is 0 Å². The van der Waals surface area contributed by atoms with E-state index in [1.807, 2.05) is 55.5 Å². The Morgan fingerprint density at radius 2 is 1.96 bits per heavy atom. The summed E-state index contributed by atoms with van der Waals surface area (Å²) in [5, 5.41) is 3.07. The molecule has 2 amide bonds. The standard InChI is InChI=1S/C21H24N2O3S/c1-3-16(15-8-4-6-10-18(15)26-2)22-20(24)12-13-23-17-9-5-7-11-19(17)27-14-21(23)25/h4-11,16H,3,12-14H2,1-2H3,(H,22,24). The molecule has 1 N–H and O–H groups in total. The van der Waals surface area contributed by atoms with Crippen LogP contribution in [0.5, 0.6) is 5.75 Å². The molecule has 2 aromatic carbocycles. The fourth-order valence-corrected chi connectivity index (χ4v) is 4.17. The Morgan fingerprint density at radius 3 is 2.74 bits per heavy atom. The lowest BCUT2D eigenvalue weighted by molar-refractivity contribution is -0.121. The maximum atomic E-state index is 12.6. The van der Waals surface area contributed by atoms with Crippen LogP contribution in [0.25, 0.3) is 0 Å². The van der Waals surface area contributed by atoms with Gasteiger partial charge < -0.3 is 15.0 Å². The normalized spacial score (nSPS) is 14.4. The van der Waals surface area contributed by atoms with Gasteiger partial charge in [-0.05, 0) is 24.6 Å². The van der Waals surface area contributed by atoms with Crippen LogP contribution in [0, 0.1) is 0 Å². The van der Waals surface area contributed by atoms with Crippen LogP contribution in [-0.4, -0.2) is 31.2 Å². The average molecular weight is 385 g/mol. The zero-order chi connectivity index (χ0) is 19.2. The minimum Gasteiger partial charge on any atom is -0.496 e. The maximum absolute atomic E-state index is 12.6. The Morgan fingerprint density at radius 1 is 1.22 bits per heavy atom. The summed E-state index contributed by atoms with van der Waals surface area (Å²) < 4.78 is 5.41. The highest BCUT2D eigenvalue weighted by atomic mass is 32.2. The van der Waals surface area contributed by atoms with Gasteiger partial charge in [0.15, 0.2) is 0 Å². The Balaban J connectivity index is 1.65. The number of carbonyl (C=O) groups is 2. The van der Waals surface area contributed by atoms with Crippen LogP contribution >= 0.6 is 11.8 Å². The smallest absolute Gasteiger partial charge is 0.237 e. The number of carbonyl (C=O) groups excluding carboxylic acids is 2. The SMILES string of the molecule is CCC(NC(=O)CCN1C(=O)CSc2ccccc21)c1ccccc1OC. The number of hydrogen-bond acceptors (Lipinski definition) is 4. The molecule has 1 heterocycles. The van der Waals surface area contributed by atoms with Crippen molar-refractivity contribution in [1.82, 2.24) is 5.32 Å². The predicted octanol–water partition coefficient (Wildman–Crippen LogP) is 3.79. The quantitative estimate of drug-likeness (QED) is 0.789. The number of anilines is 1. The first-order valence-corrected chi connectivity index (χ1v) is 10.1. The molecule has 6 heteroatoms. The van der Waals surface area contributed by atoms with Gasteiger partial charge in [-0.25, -0.2) is 0 Å². The van der Waals surface area contributed by atoms with Gasteiger partial charge in [0, 0.05) is 23.4 Å². The number of nitrogens with one attached hydrogen (secondary N) is 1. The second-order valence-corrected chi connectivity index (χ2v) is 7.34. The number of fused-ring (bicyclic) bond motifs is 1. The van der Waals surface area contributed by atoms with Crippen LogP contribution in [-0.2, 0) is 9.59 Å². The van der Waals surface area contributed by atoms with E-state index in [1.54, 1.807) is 23.8 Å². The molecule has 1 aliphatic heterocycles. The number of rotatable bonds is 7. The molecule has 0 aliphatic carbocycles. The molecule has 0 aromatic heterocycles. The van der Waals surface area contributed by atoms with Crippen molar-refractivity contribution in [3.8, 4) is 5.75 Å². The molecular formula is C21H24N2O3S. The molecule has 0 saturated heterocycles. The molecule has 3 rings (SSSR count). The van der Waals surface area contributed by atoms with Crippen LogP contribution in [0.15, 0.2) is 53.4 Å². The molecule has 0 fully saturated rings. The summed E-state index contributed by atoms with van der Waals surface area (Å²) in [5.74, 6) is 1.15. The summed E-state index contributed by atoms with van der Waals surface area (Å²) in [4.78, 5) is 27.7. The Labute approximate surface area is 164 Å². The molecule has 0 radical (unpaired) electrons. The molecule has 27 heavy (non-hydrogen) atoms. The van der Waals surface area contributed by atoms with Gasteiger partial charge in [-0.3, -0.25) is 9.59 Å². The summed E-state index contributed by atoms with van der Waals surface area (Å²) in [5.41, 5.74) is 1.86. The van der Waals surface area contributed by atoms with Gasteiger partial charge in [0.05, 0.1) is 24.6 Å². The molecule has 2 aromatic rings. The first kappa shape index (κ1) is 19.3. The summed E-state index contributed by atoms with van der Waals surface area (Å²) in [7, 11) is 1.63. The Kier molecular flexibility index (Phi) is 6.40. The largest absolute Gasteiger partial charge is 0.496 e. The number of thioether (sulfide) groups is 1. The molecule has 0 saturated carbocycles. The van der Waals surface area contributed by atoms with Crippen molar-refractivity contribution in [3.63, 3.8) is 0 Å². The zero-order valence-corrected chi connectivity index (χ0v) is 16.4. The van der Waals surface area contributed by atoms with Gasteiger partial charge in [-0.15, -0.1) is 11.8 Å². The number of ether oxygens (including phenoxy) is 1. The van der Waals surface area contributed by atoms with Crippen molar-refractivity contribution in [1.29, 1.82) is 0 Å². The van der Waals surface area contributed by atoms with Gasteiger partial charge in [0.1, 0.15) is 5.75 Å². The van der Waals surface area contributed by atoms with Gasteiger partial charge in [0.25, 0.3) is 0 Å². The third kappa shape index (κ3) is 4.45. The van der Waals surface area contributed by atoms with E-state index in [4.69, 9.17) is 4.74 Å². The van der Waals surface area contributed by atoms with E-state index in [-0.39, 0.29) is 24.3 Å². The number of para-hydroxylation sites is 2. The number of amides is 2. The lowest BCUT2D eigenvalue weighted by Crippen LogP contribution is -2.39. The summed E-state index contributed by atoms with van der Waals surface area (Å²) >= 11 is 1.54. The first-order chi connectivity index (χ1) is 13.1. The van der Waals surface area contributed by atoms with E-state index in [0.717, 1.165) is 28.3 Å². The molecule has 142 valence electrons. The third-order valence-corrected chi connectivity index (χ3v) is 5.68. The minimum atomic E-state index is -0.117. The van der Waals surface area contributed by atoms with E-state index in [1.165, 1.54) is 0 Å². The van der Waals surface area contributed by atoms with Gasteiger partial charge in [-0.1, -0.05) is 37.3 Å². The van der Waals surface area contributed by atoms with Crippen molar-refractivity contribution in [3.05, 3.63) is 54.1 Å². The minimum absolute atomic E-state index is 0.0447. The van der Waals surface area contributed by atoms with E-state index in [0.29, 0.717) is 12.3 Å². The lowest BCUT2D eigenvalue weighted by atomic mass is 10.0. The summed E-state index contributed by atoms with van der Waals surface area (Å²) in [6.45, 7) is 2.41. The number of benzene rings is 2. The van der Waals surface area contributed by atoms with Crippen LogP contribution in [0.2, 0.25) is 0 Å². The van der Waals surface area contributed by atoms with E-state index in [2.05, 4.69) is 5.32 Å². The molecule has 0 bridgehead atoms. The van der Waals surface area contributed by atoms with Crippen molar-refractivity contribution < 1.29 is 14.3 Å². The van der Waals surface area contributed by atoms with E-state index >= 15 is 0 Å². The second kappa shape index (κ2) is 8.95. The molecule has 1 aliphatic rings. The summed E-state index contributed by atoms with van der Waals surface area (Å²) in [6, 6.07) is 15.4. The molecule has 1 unspecified atom stereocenters. The fraction of sp³-hybridized carbons (Fsp3) is 0.333. The molecule has 1 atom stereocenters. The van der Waals surface area contributed by atoms with Crippen molar-refractivity contribution in [2.24, 2.45) is 0 Å². The molecular weight excluding hydrogens is 360 g/mol. The van der Waals surface area contributed by atoms with Crippen LogP contribution in [0.4, 0.5) is 5.69 Å². The van der Waals surface area contributed by atoms with Gasteiger partial charge in [0.2, 0.25) is 11.8 Å². The number of nitrogens with zero attached hydrogens (tertiary/aromatic N) is 1. The van der Waals surface area contributed by atoms with Crippen molar-refractivity contribution in [2.45, 2.75) is 30.7 Å². The topological polar surface area (TPSA) is 58.6 Å². The fourth-order valence-electron chi connectivity index (χ4n) is 3.23. The number of methoxy groups -OCH3 is 1. The highest BCUT2D eigenvalue weighted by molar-refractivity contribution is 8.00. The Bertz CT molecular complexity index is 825. The first-order valence-electron chi connectivity index (χ1n) is 9.08. The van der Waals surface area contributed by atoms with Gasteiger partial charge >= 0.3 is 0 Å². The van der Waals surface area contributed by atoms with Crippen LogP contribution in [0.1, 0.15) is 31.4 Å².